The standard InChI is InChI=1S/C23H32N2O3/c1-9-16(4)23(8)20(26)25(21(27)28-22(5,6)7)19(15(2)3)18(24-23)17-13-11-10-12-14-17/h9-16,19H,1H2,2-8H3/t16?,19-,23+/m1/s1. The Hall–Kier alpha value is -2.43. The second kappa shape index (κ2) is 7.90. The number of ether oxygens (including phenoxy) is 1. The van der Waals surface area contributed by atoms with Crippen LogP contribution in [-0.4, -0.2) is 39.8 Å². The molecule has 0 saturated carbocycles. The number of hydrogen-bond acceptors (Lipinski definition) is 4. The van der Waals surface area contributed by atoms with Gasteiger partial charge in [0.2, 0.25) is 0 Å². The molecule has 0 fully saturated rings. The van der Waals surface area contributed by atoms with E-state index in [1.54, 1.807) is 33.8 Å². The topological polar surface area (TPSA) is 59.0 Å². The Morgan fingerprint density at radius 2 is 1.82 bits per heavy atom. The molecule has 2 rings (SSSR count). The molecule has 3 atom stereocenters. The molecule has 5 heteroatoms. The van der Waals surface area contributed by atoms with Gasteiger partial charge in [-0.2, -0.15) is 0 Å². The van der Waals surface area contributed by atoms with Gasteiger partial charge in [-0.25, -0.2) is 9.69 Å². The summed E-state index contributed by atoms with van der Waals surface area (Å²) in [6.45, 7) is 16.8. The average Bonchev–Trinajstić information content (AvgIpc) is 2.61. The molecule has 0 bridgehead atoms. The number of hydrogen-bond donors (Lipinski definition) is 0. The molecule has 0 aliphatic carbocycles. The fourth-order valence-electron chi connectivity index (χ4n) is 3.35. The highest BCUT2D eigenvalue weighted by Gasteiger charge is 2.52. The Morgan fingerprint density at radius 1 is 1.25 bits per heavy atom. The molecular formula is C23H32N2O3. The maximum absolute atomic E-state index is 13.5. The third-order valence-corrected chi connectivity index (χ3v) is 5.09. The van der Waals surface area contributed by atoms with Crippen molar-refractivity contribution < 1.29 is 14.3 Å². The van der Waals surface area contributed by atoms with E-state index < -0.39 is 23.3 Å². The summed E-state index contributed by atoms with van der Waals surface area (Å²) < 4.78 is 5.60. The van der Waals surface area contributed by atoms with Gasteiger partial charge in [0.05, 0.1) is 11.8 Å². The van der Waals surface area contributed by atoms with Crippen LogP contribution in [0.5, 0.6) is 0 Å². The molecule has 0 N–H and O–H groups in total. The Morgan fingerprint density at radius 3 is 2.29 bits per heavy atom. The highest BCUT2D eigenvalue weighted by molar-refractivity contribution is 6.14. The number of amides is 2. The molecule has 1 aromatic carbocycles. The van der Waals surface area contributed by atoms with E-state index >= 15 is 0 Å². The second-order valence-electron chi connectivity index (χ2n) is 8.88. The second-order valence-corrected chi connectivity index (χ2v) is 8.88. The molecule has 0 aromatic heterocycles. The molecule has 1 aliphatic rings. The van der Waals surface area contributed by atoms with Crippen molar-refractivity contribution in [1.29, 1.82) is 0 Å². The number of carbonyl (C=O) groups excluding carboxylic acids is 2. The van der Waals surface area contributed by atoms with E-state index in [4.69, 9.17) is 9.73 Å². The lowest BCUT2D eigenvalue weighted by atomic mass is 9.80. The smallest absolute Gasteiger partial charge is 0.417 e. The molecule has 152 valence electrons. The molecule has 1 aliphatic heterocycles. The van der Waals surface area contributed by atoms with Crippen LogP contribution in [0.1, 0.15) is 54.0 Å². The van der Waals surface area contributed by atoms with Gasteiger partial charge >= 0.3 is 6.09 Å². The monoisotopic (exact) mass is 384 g/mol. The Balaban J connectivity index is 2.71. The Bertz CT molecular complexity index is 777. The molecule has 5 nitrogen and oxygen atoms in total. The van der Waals surface area contributed by atoms with Crippen LogP contribution in [0.2, 0.25) is 0 Å². The Kier molecular flexibility index (Phi) is 6.17. The number of carbonyl (C=O) groups is 2. The van der Waals surface area contributed by atoms with E-state index in [1.165, 1.54) is 4.90 Å². The van der Waals surface area contributed by atoms with Gasteiger partial charge in [0.25, 0.3) is 5.91 Å². The zero-order chi connectivity index (χ0) is 21.3. The molecule has 0 saturated heterocycles. The number of benzene rings is 1. The van der Waals surface area contributed by atoms with E-state index in [-0.39, 0.29) is 17.7 Å². The molecule has 1 aromatic rings. The quantitative estimate of drug-likeness (QED) is 0.697. The van der Waals surface area contributed by atoms with Crippen molar-refractivity contribution in [3.63, 3.8) is 0 Å². The van der Waals surface area contributed by atoms with E-state index in [1.807, 2.05) is 51.1 Å². The Labute approximate surface area is 168 Å². The summed E-state index contributed by atoms with van der Waals surface area (Å²) in [5.41, 5.74) is -0.224. The number of nitrogens with zero attached hydrogens (tertiary/aromatic N) is 2. The minimum Gasteiger partial charge on any atom is -0.443 e. The summed E-state index contributed by atoms with van der Waals surface area (Å²) in [4.78, 5) is 32.8. The van der Waals surface area contributed by atoms with Crippen molar-refractivity contribution in [2.45, 2.75) is 65.6 Å². The first kappa shape index (κ1) is 21.9. The van der Waals surface area contributed by atoms with Crippen LogP contribution in [-0.2, 0) is 9.53 Å². The van der Waals surface area contributed by atoms with Crippen LogP contribution < -0.4 is 0 Å². The van der Waals surface area contributed by atoms with E-state index in [0.717, 1.165) is 11.3 Å². The first-order valence-electron chi connectivity index (χ1n) is 9.76. The first-order chi connectivity index (χ1) is 12.9. The summed E-state index contributed by atoms with van der Waals surface area (Å²) in [5, 5.41) is 0. The molecule has 0 spiro atoms. The van der Waals surface area contributed by atoms with Crippen LogP contribution in [0.25, 0.3) is 0 Å². The third-order valence-electron chi connectivity index (χ3n) is 5.09. The van der Waals surface area contributed by atoms with E-state index in [9.17, 15) is 9.59 Å². The normalized spacial score (nSPS) is 24.0. The predicted octanol–water partition coefficient (Wildman–Crippen LogP) is 4.86. The van der Waals surface area contributed by atoms with E-state index in [0.29, 0.717) is 0 Å². The summed E-state index contributed by atoms with van der Waals surface area (Å²) in [5.74, 6) is -0.636. The minimum absolute atomic E-state index is 0.0287. The number of rotatable bonds is 4. The van der Waals surface area contributed by atoms with Crippen molar-refractivity contribution in [2.24, 2.45) is 16.8 Å². The predicted molar refractivity (Wildman–Crippen MR) is 112 cm³/mol. The molecule has 2 amide bonds. The molecular weight excluding hydrogens is 352 g/mol. The van der Waals surface area contributed by atoms with Gasteiger partial charge in [0, 0.05) is 5.92 Å². The van der Waals surface area contributed by atoms with Gasteiger partial charge < -0.3 is 4.74 Å². The summed E-state index contributed by atoms with van der Waals surface area (Å²) in [7, 11) is 0. The van der Waals surface area contributed by atoms with Gasteiger partial charge in [-0.15, -0.1) is 6.58 Å². The summed E-state index contributed by atoms with van der Waals surface area (Å²) in [6, 6.07) is 9.19. The lowest BCUT2D eigenvalue weighted by Gasteiger charge is -2.45. The fourth-order valence-corrected chi connectivity index (χ4v) is 3.35. The average molecular weight is 385 g/mol. The van der Waals surface area contributed by atoms with Crippen LogP contribution >= 0.6 is 0 Å². The third kappa shape index (κ3) is 4.18. The highest BCUT2D eigenvalue weighted by atomic mass is 16.6. The van der Waals surface area contributed by atoms with Crippen LogP contribution in [0.3, 0.4) is 0 Å². The first-order valence-corrected chi connectivity index (χ1v) is 9.76. The minimum atomic E-state index is -1.13. The zero-order valence-corrected chi connectivity index (χ0v) is 18.0. The van der Waals surface area contributed by atoms with E-state index in [2.05, 4.69) is 6.58 Å². The van der Waals surface area contributed by atoms with Crippen LogP contribution in [0, 0.1) is 11.8 Å². The molecule has 1 unspecified atom stereocenters. The van der Waals surface area contributed by atoms with Crippen molar-refractivity contribution >= 4 is 17.7 Å². The van der Waals surface area contributed by atoms with Gasteiger partial charge in [-0.05, 0) is 39.2 Å². The van der Waals surface area contributed by atoms with Gasteiger partial charge in [0.15, 0.2) is 0 Å². The highest BCUT2D eigenvalue weighted by Crippen LogP contribution is 2.35. The van der Waals surface area contributed by atoms with Gasteiger partial charge in [0.1, 0.15) is 11.1 Å². The van der Waals surface area contributed by atoms with Crippen molar-refractivity contribution in [3.05, 3.63) is 48.6 Å². The van der Waals surface area contributed by atoms with Gasteiger partial charge in [-0.1, -0.05) is 57.2 Å². The van der Waals surface area contributed by atoms with Gasteiger partial charge in [-0.3, -0.25) is 9.79 Å². The fraction of sp³-hybridized carbons (Fsp3) is 0.522. The molecule has 1 heterocycles. The molecule has 28 heavy (non-hydrogen) atoms. The zero-order valence-electron chi connectivity index (χ0n) is 18.0. The maximum Gasteiger partial charge on any atom is 0.417 e. The number of aliphatic imine (C=N–C) groups is 1. The van der Waals surface area contributed by atoms with Crippen LogP contribution in [0.4, 0.5) is 4.79 Å². The van der Waals surface area contributed by atoms with Crippen molar-refractivity contribution in [1.82, 2.24) is 4.90 Å². The number of imide groups is 1. The van der Waals surface area contributed by atoms with Crippen molar-refractivity contribution in [2.75, 3.05) is 0 Å². The maximum atomic E-state index is 13.5. The summed E-state index contributed by atoms with van der Waals surface area (Å²) in [6.07, 6.45) is 1.06. The lowest BCUT2D eigenvalue weighted by molar-refractivity contribution is -0.139. The SMILES string of the molecule is C=CC(C)[C@]1(C)N=C(c2ccccc2)[C@@H](C(C)C)N(C(=O)OC(C)(C)C)C1=O. The summed E-state index contributed by atoms with van der Waals surface area (Å²) >= 11 is 0. The van der Waals surface area contributed by atoms with Crippen LogP contribution in [0.15, 0.2) is 48.0 Å². The van der Waals surface area contributed by atoms with Crippen molar-refractivity contribution in [3.8, 4) is 0 Å². The lowest BCUT2D eigenvalue weighted by Crippen LogP contribution is -2.63. The molecule has 0 radical (unpaired) electrons. The largest absolute Gasteiger partial charge is 0.443 e.